The van der Waals surface area contributed by atoms with Crippen LogP contribution in [0.5, 0.6) is 23.0 Å². The molecule has 0 aliphatic rings. The number of aromatic nitrogens is 4. The second-order valence-electron chi connectivity index (χ2n) is 17.8. The van der Waals surface area contributed by atoms with Gasteiger partial charge in [-0.2, -0.15) is 5.10 Å². The molecule has 358 valence electrons. The molecule has 0 saturated heterocycles. The van der Waals surface area contributed by atoms with Crippen molar-refractivity contribution in [3.8, 4) is 23.0 Å². The van der Waals surface area contributed by atoms with Crippen LogP contribution in [0.2, 0.25) is 24.2 Å². The molecule has 7 rings (SSSR count). The van der Waals surface area contributed by atoms with Gasteiger partial charge in [-0.3, -0.25) is 23.7 Å². The molecule has 0 aliphatic carbocycles. The summed E-state index contributed by atoms with van der Waals surface area (Å²) in [6.45, 7) is 17.4. The summed E-state index contributed by atoms with van der Waals surface area (Å²) in [5, 5.41) is 6.20. The van der Waals surface area contributed by atoms with E-state index in [4.69, 9.17) is 37.4 Å². The third kappa shape index (κ3) is 15.7. The molecule has 0 saturated carbocycles. The van der Waals surface area contributed by atoms with E-state index >= 15 is 0 Å². The van der Waals surface area contributed by atoms with E-state index < -0.39 is 19.7 Å². The summed E-state index contributed by atoms with van der Waals surface area (Å²) in [6, 6.07) is 39.0. The predicted octanol–water partition coefficient (Wildman–Crippen LogP) is 13.0. The smallest absolute Gasteiger partial charge is 0.243 e. The monoisotopic (exact) mass is 977 g/mol. The van der Waals surface area contributed by atoms with E-state index in [1.54, 1.807) is 63.3 Å². The number of carbonyl (C=O) groups is 2. The number of alkyl halides is 1. The molecule has 2 aromatic heterocycles. The van der Waals surface area contributed by atoms with Crippen molar-refractivity contribution in [3.63, 3.8) is 0 Å². The van der Waals surface area contributed by atoms with Gasteiger partial charge in [0, 0.05) is 35.2 Å². The number of anilines is 1. The number of hydrogen-bond donors (Lipinski definition) is 0. The summed E-state index contributed by atoms with van der Waals surface area (Å²) in [5.74, 6) is 1.92. The minimum Gasteiger partial charge on any atom is -0.494 e. The molecule has 0 N–H and O–H groups in total. The number of halogens is 3. The van der Waals surface area contributed by atoms with Gasteiger partial charge in [0.2, 0.25) is 12.1 Å². The lowest BCUT2D eigenvalue weighted by molar-refractivity contribution is -0.137. The van der Waals surface area contributed by atoms with Crippen LogP contribution in [0.15, 0.2) is 152 Å². The van der Waals surface area contributed by atoms with E-state index in [-0.39, 0.29) is 29.1 Å². The second kappa shape index (κ2) is 25.2. The lowest BCUT2D eigenvalue weighted by atomic mass is 9.89. The van der Waals surface area contributed by atoms with Gasteiger partial charge in [0.25, 0.3) is 0 Å². The molecule has 0 spiro atoms. The molecule has 2 heterocycles. The molecule has 1 amide bonds. The number of Topliss-reactive ketones (excluding diaryl/α,β-unsaturated/α-hetero) is 1. The molecule has 14 heteroatoms. The van der Waals surface area contributed by atoms with Crippen LogP contribution >= 0.6 is 23.2 Å². The van der Waals surface area contributed by atoms with E-state index in [2.05, 4.69) is 47.4 Å². The summed E-state index contributed by atoms with van der Waals surface area (Å²) >= 11 is 11.6. The predicted molar refractivity (Wildman–Crippen MR) is 275 cm³/mol. The van der Waals surface area contributed by atoms with E-state index in [0.29, 0.717) is 29.8 Å². The van der Waals surface area contributed by atoms with Crippen LogP contribution in [0.3, 0.4) is 0 Å². The van der Waals surface area contributed by atoms with Crippen molar-refractivity contribution in [1.29, 1.82) is 0 Å². The highest BCUT2D eigenvalue weighted by Crippen LogP contribution is 2.29. The molecule has 0 fully saturated rings. The Morgan fingerprint density at radius 2 is 1.50 bits per heavy atom. The Hall–Kier alpha value is -6.21. The van der Waals surface area contributed by atoms with Crippen molar-refractivity contribution in [2.24, 2.45) is 5.41 Å². The van der Waals surface area contributed by atoms with Crippen LogP contribution in [-0.2, 0) is 22.7 Å². The van der Waals surface area contributed by atoms with Crippen LogP contribution in [0.4, 0.5) is 10.1 Å². The summed E-state index contributed by atoms with van der Waals surface area (Å²) in [5.41, 5.74) is 3.59. The first-order valence-electron chi connectivity index (χ1n) is 22.6. The number of imidazole rings is 1. The Morgan fingerprint density at radius 1 is 0.824 bits per heavy atom. The average molecular weight is 979 g/mol. The SMILES string of the molecule is CC(C)(C)C(=O)C(Oc1ccc(Cl)cc1)n1ccnc1.CCOc1ccc([Si](C)(C)CCCc2ccc(F)c(Oc3ccccc3)c2)cc1.Cc1cccc(C)c1N(Cn1cccn1)C(=O)CCl. The minimum absolute atomic E-state index is 0.0227. The fourth-order valence-electron chi connectivity index (χ4n) is 7.22. The average Bonchev–Trinajstić information content (AvgIpc) is 4.06. The molecule has 0 bridgehead atoms. The van der Waals surface area contributed by atoms with E-state index in [9.17, 15) is 14.0 Å². The van der Waals surface area contributed by atoms with Gasteiger partial charge < -0.3 is 14.2 Å². The first-order valence-corrected chi connectivity index (χ1v) is 26.7. The normalized spacial score (nSPS) is 11.6. The number of rotatable bonds is 17. The Kier molecular flexibility index (Phi) is 19.6. The van der Waals surface area contributed by atoms with Gasteiger partial charge in [-0.15, -0.1) is 11.6 Å². The summed E-state index contributed by atoms with van der Waals surface area (Å²) in [4.78, 5) is 30.3. The first-order chi connectivity index (χ1) is 32.5. The molecule has 1 atom stereocenters. The van der Waals surface area contributed by atoms with Gasteiger partial charge in [0.1, 0.15) is 29.8 Å². The van der Waals surface area contributed by atoms with E-state index in [1.807, 2.05) is 114 Å². The zero-order valence-corrected chi connectivity index (χ0v) is 42.7. The number of benzene rings is 5. The molecule has 5 aromatic carbocycles. The number of nitrogens with zero attached hydrogens (tertiary/aromatic N) is 5. The van der Waals surface area contributed by atoms with Gasteiger partial charge in [-0.05, 0) is 111 Å². The largest absolute Gasteiger partial charge is 0.494 e. The van der Waals surface area contributed by atoms with Crippen molar-refractivity contribution >= 4 is 53.8 Å². The number of hydrogen-bond acceptors (Lipinski definition) is 7. The van der Waals surface area contributed by atoms with Gasteiger partial charge in [-0.25, -0.2) is 9.37 Å². The van der Waals surface area contributed by atoms with Crippen LogP contribution in [0.25, 0.3) is 0 Å². The Bertz CT molecular complexity index is 2600. The van der Waals surface area contributed by atoms with Crippen molar-refractivity contribution < 1.29 is 28.2 Å². The molecule has 7 aromatic rings. The Labute approximate surface area is 411 Å². The van der Waals surface area contributed by atoms with Crippen LogP contribution in [0.1, 0.15) is 57.0 Å². The Morgan fingerprint density at radius 3 is 2.09 bits per heavy atom. The highest BCUT2D eigenvalue weighted by Gasteiger charge is 2.32. The molecule has 0 aliphatic heterocycles. The minimum atomic E-state index is -1.53. The lowest BCUT2D eigenvalue weighted by Gasteiger charge is -2.26. The summed E-state index contributed by atoms with van der Waals surface area (Å²) in [7, 11) is -1.53. The van der Waals surface area contributed by atoms with Crippen LogP contribution in [-0.4, -0.2) is 51.6 Å². The third-order valence-electron chi connectivity index (χ3n) is 11.0. The van der Waals surface area contributed by atoms with E-state index in [0.717, 1.165) is 41.0 Å². The molecule has 10 nitrogen and oxygen atoms in total. The summed E-state index contributed by atoms with van der Waals surface area (Å²) in [6.07, 6.45) is 9.67. The molecule has 68 heavy (non-hydrogen) atoms. The molecule has 0 radical (unpaired) electrons. The van der Waals surface area contributed by atoms with Crippen molar-refractivity contribution in [1.82, 2.24) is 19.3 Å². The van der Waals surface area contributed by atoms with Crippen molar-refractivity contribution in [2.75, 3.05) is 17.4 Å². The molecule has 1 unspecified atom stereocenters. The maximum absolute atomic E-state index is 14.1. The van der Waals surface area contributed by atoms with Gasteiger partial charge in [0.05, 0.1) is 26.7 Å². The van der Waals surface area contributed by atoms with Crippen molar-refractivity contribution in [3.05, 3.63) is 180 Å². The molecular formula is C54H62Cl2FN5O5Si. The number of para-hydroxylation sites is 2. The summed E-state index contributed by atoms with van der Waals surface area (Å²) < 4.78 is 34.6. The Balaban J connectivity index is 0.000000197. The molecular weight excluding hydrogens is 917 g/mol. The van der Waals surface area contributed by atoms with Gasteiger partial charge in [-0.1, -0.05) is 118 Å². The third-order valence-corrected chi connectivity index (χ3v) is 15.0. The number of ketones is 1. The van der Waals surface area contributed by atoms with Crippen molar-refractivity contribution in [2.45, 2.75) is 86.4 Å². The fourth-order valence-corrected chi connectivity index (χ4v) is 9.91. The van der Waals surface area contributed by atoms with Gasteiger partial charge in [0.15, 0.2) is 17.3 Å². The van der Waals surface area contributed by atoms with Crippen LogP contribution < -0.4 is 24.3 Å². The van der Waals surface area contributed by atoms with Gasteiger partial charge >= 0.3 is 0 Å². The maximum Gasteiger partial charge on any atom is 0.243 e. The highest BCUT2D eigenvalue weighted by molar-refractivity contribution is 6.89. The topological polar surface area (TPSA) is 101 Å². The maximum atomic E-state index is 14.1. The fraction of sp³-hybridized carbons (Fsp3) is 0.296. The standard InChI is InChI=1S/C25H29FO2Si.C15H17ClN2O2.C14H16ClN3O/c1-4-27-21-13-15-23(16-14-21)29(2,3)18-8-9-20-12-17-24(26)25(19-20)28-22-10-6-5-7-11-22;1-15(2,3)13(19)14(18-9-8-17-10-18)20-12-6-4-11(16)5-7-12;1-11-5-3-6-12(2)14(11)18(13(19)9-15)10-17-8-4-7-16-17/h5-7,10-17,19H,4,8-9,18H2,1-3H3;4-10,14H,1-3H3;3-8H,9-10H2,1-2H3. The lowest BCUT2D eigenvalue weighted by Crippen LogP contribution is -2.41. The highest BCUT2D eigenvalue weighted by atomic mass is 35.5. The second-order valence-corrected chi connectivity index (χ2v) is 23.4. The van der Waals surface area contributed by atoms with E-state index in [1.165, 1.54) is 17.3 Å². The number of carbonyl (C=O) groups excluding carboxylic acids is 2. The zero-order chi connectivity index (χ0) is 49.3. The number of amides is 1. The number of ether oxygens (including phenoxy) is 3. The number of aryl methyl sites for hydroxylation is 3. The quantitative estimate of drug-likeness (QED) is 0.0662. The zero-order valence-electron chi connectivity index (χ0n) is 40.2. The first kappa shape index (κ1) is 52.8. The van der Waals surface area contributed by atoms with Crippen LogP contribution in [0, 0.1) is 25.1 Å².